The first-order valence-electron chi connectivity index (χ1n) is 9.89. The number of likely N-dealkylation sites (tertiary alicyclic amines) is 1. The van der Waals surface area contributed by atoms with Gasteiger partial charge in [-0.3, -0.25) is 0 Å². The zero-order valence-electron chi connectivity index (χ0n) is 14.5. The molecular formula is C19H36N2O. The van der Waals surface area contributed by atoms with Gasteiger partial charge in [0.2, 0.25) is 0 Å². The predicted molar refractivity (Wildman–Crippen MR) is 92.0 cm³/mol. The van der Waals surface area contributed by atoms with Crippen molar-refractivity contribution in [2.24, 2.45) is 11.8 Å². The summed E-state index contributed by atoms with van der Waals surface area (Å²) in [6.45, 7) is 5.87. The van der Waals surface area contributed by atoms with Gasteiger partial charge in [-0.2, -0.15) is 0 Å². The molecule has 22 heavy (non-hydrogen) atoms. The van der Waals surface area contributed by atoms with Gasteiger partial charge in [0.15, 0.2) is 0 Å². The van der Waals surface area contributed by atoms with Crippen molar-refractivity contribution in [2.75, 3.05) is 19.6 Å². The van der Waals surface area contributed by atoms with E-state index in [1.807, 2.05) is 0 Å². The highest BCUT2D eigenvalue weighted by Gasteiger charge is 2.33. The topological polar surface area (TPSA) is 35.5 Å². The first-order chi connectivity index (χ1) is 10.7. The average molecular weight is 309 g/mol. The van der Waals surface area contributed by atoms with E-state index in [2.05, 4.69) is 17.1 Å². The molecule has 1 saturated heterocycles. The molecule has 3 aliphatic rings. The Labute approximate surface area is 136 Å². The Morgan fingerprint density at radius 1 is 1.00 bits per heavy atom. The van der Waals surface area contributed by atoms with E-state index in [4.69, 9.17) is 0 Å². The van der Waals surface area contributed by atoms with Crippen LogP contribution < -0.4 is 5.32 Å². The molecule has 0 amide bonds. The highest BCUT2D eigenvalue weighted by Crippen LogP contribution is 2.32. The maximum Gasteiger partial charge on any atom is 0.0540 e. The molecule has 0 aromatic carbocycles. The van der Waals surface area contributed by atoms with E-state index in [0.717, 1.165) is 24.8 Å². The minimum atomic E-state index is -0.0961. The van der Waals surface area contributed by atoms with Crippen LogP contribution in [0.1, 0.15) is 71.1 Å². The fraction of sp³-hybridized carbons (Fsp3) is 1.00. The van der Waals surface area contributed by atoms with Crippen molar-refractivity contribution in [3.05, 3.63) is 0 Å². The second-order valence-corrected chi connectivity index (χ2v) is 8.26. The van der Waals surface area contributed by atoms with Gasteiger partial charge in [-0.1, -0.05) is 26.2 Å². The minimum Gasteiger partial charge on any atom is -0.393 e. The first-order valence-corrected chi connectivity index (χ1v) is 9.89. The zero-order valence-corrected chi connectivity index (χ0v) is 14.5. The monoisotopic (exact) mass is 308 g/mol. The number of hydrogen-bond donors (Lipinski definition) is 2. The molecule has 3 heteroatoms. The van der Waals surface area contributed by atoms with Crippen molar-refractivity contribution in [3.8, 4) is 0 Å². The Morgan fingerprint density at radius 2 is 1.77 bits per heavy atom. The maximum atomic E-state index is 10.1. The number of hydrogen-bond acceptors (Lipinski definition) is 3. The van der Waals surface area contributed by atoms with Crippen LogP contribution >= 0.6 is 0 Å². The molecule has 0 aromatic heterocycles. The Hall–Kier alpha value is -0.120. The predicted octanol–water partition coefficient (Wildman–Crippen LogP) is 3.17. The van der Waals surface area contributed by atoms with E-state index >= 15 is 0 Å². The number of aliphatic hydroxyl groups is 1. The van der Waals surface area contributed by atoms with Crippen LogP contribution in [0.3, 0.4) is 0 Å². The second kappa shape index (κ2) is 8.12. The molecular weight excluding hydrogens is 272 g/mol. The molecule has 3 rings (SSSR count). The molecule has 2 N–H and O–H groups in total. The molecule has 3 nitrogen and oxygen atoms in total. The van der Waals surface area contributed by atoms with E-state index in [1.54, 1.807) is 0 Å². The molecule has 1 aliphatic heterocycles. The summed E-state index contributed by atoms with van der Waals surface area (Å²) >= 11 is 0. The largest absolute Gasteiger partial charge is 0.393 e. The number of nitrogens with one attached hydrogen (secondary N) is 1. The summed E-state index contributed by atoms with van der Waals surface area (Å²) in [6, 6.07) is 1.42. The van der Waals surface area contributed by atoms with Gasteiger partial charge in [0.1, 0.15) is 0 Å². The van der Waals surface area contributed by atoms with Crippen LogP contribution in [0, 0.1) is 11.8 Å². The van der Waals surface area contributed by atoms with Gasteiger partial charge in [0.25, 0.3) is 0 Å². The lowest BCUT2D eigenvalue weighted by atomic mass is 9.87. The molecule has 0 radical (unpaired) electrons. The third-order valence-corrected chi connectivity index (χ3v) is 5.98. The van der Waals surface area contributed by atoms with Gasteiger partial charge >= 0.3 is 0 Å². The van der Waals surface area contributed by atoms with Gasteiger partial charge < -0.3 is 15.3 Å². The van der Waals surface area contributed by atoms with E-state index in [0.29, 0.717) is 12.0 Å². The van der Waals surface area contributed by atoms with Gasteiger partial charge in [-0.05, 0) is 56.8 Å². The van der Waals surface area contributed by atoms with Gasteiger partial charge in [-0.25, -0.2) is 0 Å². The Bertz CT molecular complexity index is 325. The van der Waals surface area contributed by atoms with Crippen LogP contribution in [0.4, 0.5) is 0 Å². The van der Waals surface area contributed by atoms with E-state index in [1.165, 1.54) is 71.0 Å². The van der Waals surface area contributed by atoms with Gasteiger partial charge in [0, 0.05) is 31.7 Å². The normalized spacial score (nSPS) is 33.0. The molecule has 3 unspecified atom stereocenters. The first kappa shape index (κ1) is 16.7. The summed E-state index contributed by atoms with van der Waals surface area (Å²) < 4.78 is 0. The van der Waals surface area contributed by atoms with Crippen molar-refractivity contribution in [1.82, 2.24) is 10.2 Å². The van der Waals surface area contributed by atoms with Crippen LogP contribution in [-0.2, 0) is 0 Å². The molecule has 0 aromatic rings. The molecule has 128 valence electrons. The fourth-order valence-electron chi connectivity index (χ4n) is 4.56. The average Bonchev–Trinajstić information content (AvgIpc) is 3.32. The summed E-state index contributed by atoms with van der Waals surface area (Å²) in [4.78, 5) is 2.70. The van der Waals surface area contributed by atoms with Crippen LogP contribution in [0.5, 0.6) is 0 Å². The van der Waals surface area contributed by atoms with Crippen molar-refractivity contribution in [2.45, 2.75) is 89.3 Å². The highest BCUT2D eigenvalue weighted by atomic mass is 16.3. The third kappa shape index (κ3) is 5.21. The lowest BCUT2D eigenvalue weighted by Crippen LogP contribution is -2.53. The van der Waals surface area contributed by atoms with Crippen LogP contribution in [-0.4, -0.2) is 47.8 Å². The van der Waals surface area contributed by atoms with E-state index in [-0.39, 0.29) is 6.10 Å². The number of piperidine rings is 1. The SMILES string of the molecule is CCC(O)CC1CC(NC2CCCCC2)CN(CC2CC2)C1. The summed E-state index contributed by atoms with van der Waals surface area (Å²) in [6.07, 6.45) is 13.0. The number of nitrogens with zero attached hydrogens (tertiary/aromatic N) is 1. The summed E-state index contributed by atoms with van der Waals surface area (Å²) in [5.74, 6) is 1.66. The lowest BCUT2D eigenvalue weighted by Gasteiger charge is -2.41. The summed E-state index contributed by atoms with van der Waals surface area (Å²) in [5.41, 5.74) is 0. The fourth-order valence-corrected chi connectivity index (χ4v) is 4.56. The number of aliphatic hydroxyl groups excluding tert-OH is 1. The summed E-state index contributed by atoms with van der Waals surface area (Å²) in [5, 5.41) is 14.0. The quantitative estimate of drug-likeness (QED) is 0.758. The molecule has 2 saturated carbocycles. The molecule has 3 fully saturated rings. The zero-order chi connectivity index (χ0) is 15.4. The lowest BCUT2D eigenvalue weighted by molar-refractivity contribution is 0.0776. The van der Waals surface area contributed by atoms with Crippen LogP contribution in [0.2, 0.25) is 0 Å². The van der Waals surface area contributed by atoms with Crippen molar-refractivity contribution in [1.29, 1.82) is 0 Å². The molecule has 0 bridgehead atoms. The van der Waals surface area contributed by atoms with Crippen LogP contribution in [0.15, 0.2) is 0 Å². The third-order valence-electron chi connectivity index (χ3n) is 5.98. The molecule has 2 aliphatic carbocycles. The highest BCUT2D eigenvalue weighted by molar-refractivity contribution is 4.89. The van der Waals surface area contributed by atoms with E-state index in [9.17, 15) is 5.11 Å². The van der Waals surface area contributed by atoms with Crippen molar-refractivity contribution < 1.29 is 5.11 Å². The molecule has 3 atom stereocenters. The summed E-state index contributed by atoms with van der Waals surface area (Å²) in [7, 11) is 0. The van der Waals surface area contributed by atoms with Gasteiger partial charge in [-0.15, -0.1) is 0 Å². The smallest absolute Gasteiger partial charge is 0.0540 e. The Morgan fingerprint density at radius 3 is 2.45 bits per heavy atom. The van der Waals surface area contributed by atoms with E-state index < -0.39 is 0 Å². The maximum absolute atomic E-state index is 10.1. The van der Waals surface area contributed by atoms with Gasteiger partial charge in [0.05, 0.1) is 6.10 Å². The van der Waals surface area contributed by atoms with Crippen molar-refractivity contribution in [3.63, 3.8) is 0 Å². The Balaban J connectivity index is 1.52. The standard InChI is InChI=1S/C19H36N2O/c1-2-19(22)11-16-10-18(20-17-6-4-3-5-7-17)14-21(13-16)12-15-8-9-15/h15-20,22H,2-14H2,1H3. The van der Waals surface area contributed by atoms with Crippen molar-refractivity contribution >= 4 is 0 Å². The van der Waals surface area contributed by atoms with Crippen LogP contribution in [0.25, 0.3) is 0 Å². The second-order valence-electron chi connectivity index (χ2n) is 8.26. The molecule has 1 heterocycles. The molecule has 0 spiro atoms. The minimum absolute atomic E-state index is 0.0961. The number of rotatable bonds is 7. The Kier molecular flexibility index (Phi) is 6.17.